The van der Waals surface area contributed by atoms with E-state index in [-0.39, 0.29) is 12.5 Å². The molecule has 0 saturated carbocycles. The molecule has 0 aliphatic rings. The number of urea groups is 1. The highest BCUT2D eigenvalue weighted by atomic mass is 32.1. The lowest BCUT2D eigenvalue weighted by Crippen LogP contribution is -2.46. The minimum Gasteiger partial charge on any atom is -0.480 e. The highest BCUT2D eigenvalue weighted by Crippen LogP contribution is 2.19. The van der Waals surface area contributed by atoms with Crippen molar-refractivity contribution in [2.24, 2.45) is 0 Å². The molecule has 0 fully saturated rings. The molecule has 0 aromatic carbocycles. The molecule has 0 spiro atoms. The molecule has 1 rings (SSSR count). The maximum absolute atomic E-state index is 11.7. The van der Waals surface area contributed by atoms with Crippen molar-refractivity contribution < 1.29 is 14.7 Å². The maximum Gasteiger partial charge on any atom is 0.327 e. The predicted octanol–water partition coefficient (Wildman–Crippen LogP) is 1.54. The lowest BCUT2D eigenvalue weighted by molar-refractivity contribution is -0.139. The van der Waals surface area contributed by atoms with Crippen LogP contribution in [0.15, 0.2) is 6.20 Å². The fourth-order valence-electron chi connectivity index (χ4n) is 1.46. The van der Waals surface area contributed by atoms with Crippen LogP contribution >= 0.6 is 11.3 Å². The molecular formula is C13H17N3O3S. The lowest BCUT2D eigenvalue weighted by atomic mass is 10.2. The smallest absolute Gasteiger partial charge is 0.327 e. The van der Waals surface area contributed by atoms with Gasteiger partial charge in [-0.15, -0.1) is 23.7 Å². The number of rotatable bonds is 6. The number of aryl methyl sites for hydroxylation is 1. The summed E-state index contributed by atoms with van der Waals surface area (Å²) in [4.78, 5) is 27.9. The van der Waals surface area contributed by atoms with Crippen LogP contribution in [0.5, 0.6) is 0 Å². The summed E-state index contributed by atoms with van der Waals surface area (Å²) >= 11 is 1.52. The van der Waals surface area contributed by atoms with Crippen molar-refractivity contribution in [1.29, 1.82) is 0 Å². The monoisotopic (exact) mass is 295 g/mol. The number of hydrogen-bond donors (Lipinski definition) is 3. The number of aromatic nitrogens is 1. The summed E-state index contributed by atoms with van der Waals surface area (Å²) < 4.78 is 0. The molecule has 0 bridgehead atoms. The Morgan fingerprint density at radius 2 is 2.25 bits per heavy atom. The van der Waals surface area contributed by atoms with Gasteiger partial charge in [-0.25, -0.2) is 14.6 Å². The van der Waals surface area contributed by atoms with E-state index in [1.54, 1.807) is 13.1 Å². The molecule has 20 heavy (non-hydrogen) atoms. The van der Waals surface area contributed by atoms with Crippen molar-refractivity contribution in [3.8, 4) is 12.3 Å². The van der Waals surface area contributed by atoms with Gasteiger partial charge in [0.25, 0.3) is 0 Å². The number of nitrogens with zero attached hydrogens (tertiary/aromatic N) is 1. The predicted molar refractivity (Wildman–Crippen MR) is 76.4 cm³/mol. The Labute approximate surface area is 121 Å². The molecule has 1 aromatic heterocycles. The molecule has 7 heteroatoms. The van der Waals surface area contributed by atoms with Crippen molar-refractivity contribution >= 4 is 23.3 Å². The van der Waals surface area contributed by atoms with E-state index < -0.39 is 18.0 Å². The summed E-state index contributed by atoms with van der Waals surface area (Å²) in [5.41, 5.74) is 0. The molecule has 3 N–H and O–H groups in total. The van der Waals surface area contributed by atoms with Crippen LogP contribution in [0.1, 0.15) is 36.2 Å². The van der Waals surface area contributed by atoms with Crippen LogP contribution in [0.4, 0.5) is 4.79 Å². The molecular weight excluding hydrogens is 278 g/mol. The summed E-state index contributed by atoms with van der Waals surface area (Å²) in [6, 6.07) is -1.95. The van der Waals surface area contributed by atoms with E-state index in [0.29, 0.717) is 0 Å². The normalized spacial score (nSPS) is 13.1. The number of nitrogens with one attached hydrogen (secondary N) is 2. The average molecular weight is 295 g/mol. The Bertz CT molecular complexity index is 521. The second kappa shape index (κ2) is 7.50. The van der Waals surface area contributed by atoms with Crippen molar-refractivity contribution in [3.05, 3.63) is 16.1 Å². The fraction of sp³-hybridized carbons (Fsp3) is 0.462. The number of terminal acetylenes is 1. The van der Waals surface area contributed by atoms with Crippen molar-refractivity contribution in [2.45, 2.75) is 38.8 Å². The van der Waals surface area contributed by atoms with Gasteiger partial charge in [0, 0.05) is 17.5 Å². The van der Waals surface area contributed by atoms with Gasteiger partial charge < -0.3 is 15.7 Å². The number of carbonyl (C=O) groups is 2. The maximum atomic E-state index is 11.7. The Hall–Kier alpha value is -2.07. The third-order valence-corrected chi connectivity index (χ3v) is 3.89. The van der Waals surface area contributed by atoms with Crippen LogP contribution in [0, 0.1) is 12.3 Å². The molecule has 1 aromatic rings. The molecule has 0 aliphatic carbocycles. The summed E-state index contributed by atoms with van der Waals surface area (Å²) in [6.07, 6.45) is 7.66. The molecule has 2 atom stereocenters. The van der Waals surface area contributed by atoms with Gasteiger partial charge in [-0.3, -0.25) is 0 Å². The van der Waals surface area contributed by atoms with Crippen LogP contribution in [-0.2, 0) is 11.2 Å². The largest absolute Gasteiger partial charge is 0.480 e. The summed E-state index contributed by atoms with van der Waals surface area (Å²) in [5, 5.41) is 14.6. The van der Waals surface area contributed by atoms with E-state index in [9.17, 15) is 9.59 Å². The van der Waals surface area contributed by atoms with E-state index in [0.717, 1.165) is 16.3 Å². The summed E-state index contributed by atoms with van der Waals surface area (Å²) in [5.74, 6) is 1.06. The van der Waals surface area contributed by atoms with Gasteiger partial charge in [-0.05, 0) is 13.3 Å². The van der Waals surface area contributed by atoms with Crippen LogP contribution in [0.2, 0.25) is 0 Å². The van der Waals surface area contributed by atoms with Gasteiger partial charge in [0.05, 0.1) is 6.04 Å². The quantitative estimate of drug-likeness (QED) is 0.694. The third kappa shape index (κ3) is 4.55. The minimum absolute atomic E-state index is 0.0611. The van der Waals surface area contributed by atoms with Gasteiger partial charge in [0.15, 0.2) is 0 Å². The van der Waals surface area contributed by atoms with Crippen LogP contribution in [-0.4, -0.2) is 28.1 Å². The molecule has 0 aliphatic heterocycles. The highest BCUT2D eigenvalue weighted by molar-refractivity contribution is 7.11. The van der Waals surface area contributed by atoms with Gasteiger partial charge in [0.1, 0.15) is 11.0 Å². The molecule has 0 radical (unpaired) electrons. The number of carboxylic acids is 1. The number of hydrogen-bond acceptors (Lipinski definition) is 4. The number of amides is 2. The highest BCUT2D eigenvalue weighted by Gasteiger charge is 2.20. The zero-order valence-electron chi connectivity index (χ0n) is 11.3. The lowest BCUT2D eigenvalue weighted by Gasteiger charge is -2.15. The molecule has 6 nitrogen and oxygen atoms in total. The Morgan fingerprint density at radius 1 is 1.55 bits per heavy atom. The van der Waals surface area contributed by atoms with Gasteiger partial charge >= 0.3 is 12.0 Å². The molecule has 0 saturated heterocycles. The Kier molecular flexibility index (Phi) is 6.00. The van der Waals surface area contributed by atoms with Gasteiger partial charge in [0.2, 0.25) is 0 Å². The van der Waals surface area contributed by atoms with E-state index >= 15 is 0 Å². The van der Waals surface area contributed by atoms with Gasteiger partial charge in [-0.1, -0.05) is 6.92 Å². The summed E-state index contributed by atoms with van der Waals surface area (Å²) in [6.45, 7) is 3.81. The number of carbonyl (C=O) groups excluding carboxylic acids is 1. The Balaban J connectivity index is 2.57. The molecule has 2 unspecified atom stereocenters. The average Bonchev–Trinajstić information content (AvgIpc) is 2.86. The first-order valence-corrected chi connectivity index (χ1v) is 6.97. The van der Waals surface area contributed by atoms with Crippen LogP contribution in [0.25, 0.3) is 0 Å². The van der Waals surface area contributed by atoms with E-state index in [2.05, 4.69) is 21.5 Å². The van der Waals surface area contributed by atoms with E-state index in [1.807, 2.05) is 6.92 Å². The first-order chi connectivity index (χ1) is 9.47. The SMILES string of the molecule is C#CCC(NC(=O)NC(C)c1ncc(CC)s1)C(=O)O. The second-order valence-electron chi connectivity index (χ2n) is 4.16. The van der Waals surface area contributed by atoms with E-state index in [4.69, 9.17) is 11.5 Å². The van der Waals surface area contributed by atoms with Crippen molar-refractivity contribution in [3.63, 3.8) is 0 Å². The second-order valence-corrected chi connectivity index (χ2v) is 5.30. The van der Waals surface area contributed by atoms with Gasteiger partial charge in [-0.2, -0.15) is 0 Å². The summed E-state index contributed by atoms with van der Waals surface area (Å²) in [7, 11) is 0. The first-order valence-electron chi connectivity index (χ1n) is 6.15. The third-order valence-electron chi connectivity index (χ3n) is 2.56. The number of thiazole rings is 1. The topological polar surface area (TPSA) is 91.3 Å². The number of aliphatic carboxylic acids is 1. The van der Waals surface area contributed by atoms with Crippen molar-refractivity contribution in [2.75, 3.05) is 0 Å². The van der Waals surface area contributed by atoms with Crippen LogP contribution in [0.3, 0.4) is 0 Å². The molecule has 2 amide bonds. The fourth-order valence-corrected chi connectivity index (χ4v) is 2.32. The van der Waals surface area contributed by atoms with Crippen LogP contribution < -0.4 is 10.6 Å². The Morgan fingerprint density at radius 3 is 2.75 bits per heavy atom. The zero-order chi connectivity index (χ0) is 15.1. The minimum atomic E-state index is -1.16. The first kappa shape index (κ1) is 16.0. The van der Waals surface area contributed by atoms with E-state index in [1.165, 1.54) is 11.3 Å². The molecule has 1 heterocycles. The standard InChI is InChI=1S/C13H17N3O3S/c1-4-6-10(12(17)18)16-13(19)15-8(3)11-14-7-9(5-2)20-11/h1,7-8,10H,5-6H2,2-3H3,(H,17,18)(H2,15,16,19). The zero-order valence-corrected chi connectivity index (χ0v) is 12.2. The number of carboxylic acid groups (broad SMARTS) is 1. The van der Waals surface area contributed by atoms with Crippen molar-refractivity contribution in [1.82, 2.24) is 15.6 Å². The molecule has 108 valence electrons.